The van der Waals surface area contributed by atoms with E-state index in [1.165, 1.54) is 80.1 Å². The summed E-state index contributed by atoms with van der Waals surface area (Å²) in [5.74, 6) is 0.815. The highest BCUT2D eigenvalue weighted by Gasteiger charge is 2.62. The van der Waals surface area contributed by atoms with Crippen LogP contribution < -0.4 is 9.80 Å². The summed E-state index contributed by atoms with van der Waals surface area (Å²) in [5.41, 5.74) is 19.2. The van der Waals surface area contributed by atoms with Gasteiger partial charge in [-0.15, -0.1) is 0 Å². The van der Waals surface area contributed by atoms with E-state index in [2.05, 4.69) is 180 Å². The van der Waals surface area contributed by atoms with Crippen molar-refractivity contribution in [1.82, 2.24) is 0 Å². The van der Waals surface area contributed by atoms with Crippen molar-refractivity contribution >= 4 is 34.1 Å². The van der Waals surface area contributed by atoms with E-state index in [-0.39, 0.29) is 17.2 Å². The maximum atomic E-state index is 14.3. The molecule has 0 N–H and O–H groups in total. The smallest absolute Gasteiger partial charge is 0.123 e. The number of para-hydroxylation sites is 3. The molecule has 0 radical (unpaired) electrons. The van der Waals surface area contributed by atoms with Crippen LogP contribution in [0.15, 0.2) is 194 Å². The fourth-order valence-corrected chi connectivity index (χ4v) is 12.0. The molecule has 2 nitrogen and oxygen atoms in total. The quantitative estimate of drug-likeness (QED) is 0.160. The summed E-state index contributed by atoms with van der Waals surface area (Å²) in [4.78, 5) is 5.05. The summed E-state index contributed by atoms with van der Waals surface area (Å²) in [6, 6.07) is 69.9. The Hall–Kier alpha value is -6.71. The van der Waals surface area contributed by atoms with E-state index in [9.17, 15) is 4.39 Å². The highest BCUT2D eigenvalue weighted by molar-refractivity contribution is 5.89. The third-order valence-electron chi connectivity index (χ3n) is 14.1. The first-order valence-corrected chi connectivity index (χ1v) is 21.2. The van der Waals surface area contributed by atoms with Crippen LogP contribution in [0.4, 0.5) is 38.5 Å². The number of rotatable bonds is 7. The van der Waals surface area contributed by atoms with E-state index < -0.39 is 0 Å². The van der Waals surface area contributed by atoms with E-state index in [1.54, 1.807) is 12.1 Å². The molecule has 12 rings (SSSR count). The highest BCUT2D eigenvalue weighted by Crippen LogP contribution is 2.69. The van der Waals surface area contributed by atoms with Gasteiger partial charge in [-0.1, -0.05) is 121 Å². The van der Waals surface area contributed by atoms with E-state index in [1.807, 2.05) is 12.1 Å². The van der Waals surface area contributed by atoms with Gasteiger partial charge < -0.3 is 9.80 Å². The Balaban J connectivity index is 1.09. The van der Waals surface area contributed by atoms with Gasteiger partial charge in [0.15, 0.2) is 0 Å². The zero-order valence-corrected chi connectivity index (χ0v) is 32.8. The summed E-state index contributed by atoms with van der Waals surface area (Å²) in [6.07, 6.45) is 4.63. The molecule has 4 aliphatic rings. The zero-order chi connectivity index (χ0) is 39.1. The molecular formula is C56H43FN2. The van der Waals surface area contributed by atoms with E-state index in [0.29, 0.717) is 11.8 Å². The van der Waals surface area contributed by atoms with Gasteiger partial charge in [-0.05, 0) is 160 Å². The minimum Gasteiger partial charge on any atom is -0.310 e. The Bertz CT molecular complexity index is 2820. The van der Waals surface area contributed by atoms with Crippen LogP contribution in [-0.4, -0.2) is 0 Å². The summed E-state index contributed by atoms with van der Waals surface area (Å²) in [6.45, 7) is 0. The van der Waals surface area contributed by atoms with Crippen LogP contribution in [0.25, 0.3) is 11.1 Å². The van der Waals surface area contributed by atoms with Crippen molar-refractivity contribution in [1.29, 1.82) is 0 Å². The molecule has 0 aliphatic heterocycles. The fourth-order valence-electron chi connectivity index (χ4n) is 12.0. The Kier molecular flexibility index (Phi) is 7.82. The lowest BCUT2D eigenvalue weighted by Crippen LogP contribution is -2.34. The molecule has 0 aromatic heterocycles. The van der Waals surface area contributed by atoms with Crippen LogP contribution >= 0.6 is 0 Å². The molecule has 59 heavy (non-hydrogen) atoms. The second-order valence-electron chi connectivity index (χ2n) is 16.9. The second kappa shape index (κ2) is 13.4. The molecule has 4 aliphatic carbocycles. The van der Waals surface area contributed by atoms with Crippen LogP contribution in [-0.2, 0) is 18.3 Å². The molecule has 4 unspecified atom stereocenters. The van der Waals surface area contributed by atoms with Crippen LogP contribution in [0, 0.1) is 17.7 Å². The summed E-state index contributed by atoms with van der Waals surface area (Å²) in [7, 11) is 0. The molecule has 0 bridgehead atoms. The van der Waals surface area contributed by atoms with Crippen molar-refractivity contribution in [2.75, 3.05) is 9.80 Å². The molecule has 0 heterocycles. The van der Waals surface area contributed by atoms with Crippen LogP contribution in [0.3, 0.4) is 0 Å². The van der Waals surface area contributed by atoms with Gasteiger partial charge in [-0.25, -0.2) is 4.39 Å². The van der Waals surface area contributed by atoms with Gasteiger partial charge in [-0.2, -0.15) is 0 Å². The van der Waals surface area contributed by atoms with Crippen molar-refractivity contribution in [2.24, 2.45) is 11.8 Å². The van der Waals surface area contributed by atoms with Gasteiger partial charge in [0.1, 0.15) is 5.82 Å². The minimum atomic E-state index is -0.211. The van der Waals surface area contributed by atoms with Gasteiger partial charge >= 0.3 is 0 Å². The Morgan fingerprint density at radius 3 is 1.47 bits per heavy atom. The van der Waals surface area contributed by atoms with Crippen LogP contribution in [0.2, 0.25) is 0 Å². The summed E-state index contributed by atoms with van der Waals surface area (Å²) >= 11 is 0. The lowest BCUT2D eigenvalue weighted by molar-refractivity contribution is 0.350. The Morgan fingerprint density at radius 1 is 0.424 bits per heavy atom. The number of anilines is 6. The minimum absolute atomic E-state index is 0.00858. The zero-order valence-electron chi connectivity index (χ0n) is 32.8. The summed E-state index contributed by atoms with van der Waals surface area (Å²) < 4.78 is 14.3. The third kappa shape index (κ3) is 5.10. The van der Waals surface area contributed by atoms with Gasteiger partial charge in [0.25, 0.3) is 0 Å². The van der Waals surface area contributed by atoms with Crippen molar-refractivity contribution in [2.45, 2.75) is 37.0 Å². The molecule has 1 fully saturated rings. The SMILES string of the molecule is Fc1ccc(C2c3ccccc3-c3ccc(N(c4ccccc4)c4cccc5c4C46c7c(cccc7N(c7ccccc7)c7ccccc7)CC4CCC6C5)cc32)cc1. The lowest BCUT2D eigenvalue weighted by Gasteiger charge is -2.40. The first-order valence-electron chi connectivity index (χ1n) is 21.2. The topological polar surface area (TPSA) is 6.48 Å². The van der Waals surface area contributed by atoms with Crippen molar-refractivity contribution in [3.8, 4) is 11.1 Å². The number of halogens is 1. The predicted octanol–water partition coefficient (Wildman–Crippen LogP) is 14.4. The first-order chi connectivity index (χ1) is 29.2. The molecule has 3 heteroatoms. The number of nitrogens with zero attached hydrogens (tertiary/aromatic N) is 2. The number of fused-ring (bicyclic) bond motifs is 5. The van der Waals surface area contributed by atoms with Gasteiger partial charge in [-0.3, -0.25) is 0 Å². The van der Waals surface area contributed by atoms with E-state index >= 15 is 0 Å². The van der Waals surface area contributed by atoms with Crippen molar-refractivity contribution in [3.63, 3.8) is 0 Å². The lowest BCUT2D eigenvalue weighted by atomic mass is 9.68. The van der Waals surface area contributed by atoms with Crippen LogP contribution in [0.5, 0.6) is 0 Å². The third-order valence-corrected chi connectivity index (χ3v) is 14.1. The molecule has 8 aromatic carbocycles. The number of benzene rings is 8. The molecule has 0 saturated heterocycles. The molecule has 4 atom stereocenters. The number of hydrogen-bond donors (Lipinski definition) is 0. The average molecular weight is 763 g/mol. The molecule has 1 saturated carbocycles. The normalized spacial score (nSPS) is 20.3. The van der Waals surface area contributed by atoms with Crippen LogP contribution in [0.1, 0.15) is 57.7 Å². The molecule has 1 spiro atoms. The Labute approximate surface area is 345 Å². The summed E-state index contributed by atoms with van der Waals surface area (Å²) in [5, 5.41) is 0. The molecule has 284 valence electrons. The van der Waals surface area contributed by atoms with E-state index in [0.717, 1.165) is 29.8 Å². The molecular weight excluding hydrogens is 720 g/mol. The van der Waals surface area contributed by atoms with Gasteiger partial charge in [0.05, 0.1) is 11.4 Å². The van der Waals surface area contributed by atoms with Crippen molar-refractivity contribution < 1.29 is 4.39 Å². The van der Waals surface area contributed by atoms with Gasteiger partial charge in [0, 0.05) is 34.1 Å². The van der Waals surface area contributed by atoms with E-state index in [4.69, 9.17) is 0 Å². The maximum absolute atomic E-state index is 14.3. The Morgan fingerprint density at radius 2 is 0.915 bits per heavy atom. The standard InChI is InChI=1S/C56H43FN2/c57-42-30-26-37(27-31-42)53-49-23-11-10-22-47(49)48-33-32-46(36-50(48)53)59(45-20-8-3-9-21-45)52-25-13-15-39-35-41-29-28-40-34-38-14-12-24-51(54(38)56(40,41)55(39)52)58(43-16-4-1-5-17-43)44-18-6-2-7-19-44/h1-27,30-33,36,40-41,53H,28-29,34-35H2. The van der Waals surface area contributed by atoms with Gasteiger partial charge in [0.2, 0.25) is 0 Å². The predicted molar refractivity (Wildman–Crippen MR) is 239 cm³/mol. The average Bonchev–Trinajstić information content (AvgIpc) is 4.01. The first kappa shape index (κ1) is 34.3. The largest absolute Gasteiger partial charge is 0.310 e. The highest BCUT2D eigenvalue weighted by atomic mass is 19.1. The monoisotopic (exact) mass is 762 g/mol. The molecule has 0 amide bonds. The molecule has 8 aromatic rings. The van der Waals surface area contributed by atoms with Crippen molar-refractivity contribution in [3.05, 3.63) is 239 Å². The maximum Gasteiger partial charge on any atom is 0.123 e. The number of hydrogen-bond acceptors (Lipinski definition) is 2. The second-order valence-corrected chi connectivity index (χ2v) is 16.9. The fraction of sp³-hybridized carbons (Fsp3) is 0.143.